The van der Waals surface area contributed by atoms with Crippen molar-refractivity contribution in [2.75, 3.05) is 0 Å². The van der Waals surface area contributed by atoms with Crippen molar-refractivity contribution in [1.29, 1.82) is 0 Å². The smallest absolute Gasteiger partial charge is 0.316 e. The van der Waals surface area contributed by atoms with Crippen LogP contribution in [0.2, 0.25) is 0 Å². The molecule has 0 saturated heterocycles. The van der Waals surface area contributed by atoms with E-state index < -0.39 is 11.2 Å². The average Bonchev–Trinajstić information content (AvgIpc) is 3.06. The van der Waals surface area contributed by atoms with E-state index in [1.807, 2.05) is 54.6 Å². The third-order valence-corrected chi connectivity index (χ3v) is 4.00. The molecule has 4 nitrogen and oxygen atoms in total. The number of halogens is 1. The van der Waals surface area contributed by atoms with Crippen LogP contribution in [0.5, 0.6) is 0 Å². The predicted molar refractivity (Wildman–Crippen MR) is 101 cm³/mol. The minimum Gasteiger partial charge on any atom is -0.480 e. The fraction of sp³-hybridized carbons (Fsp3) is 0.111. The van der Waals surface area contributed by atoms with Crippen LogP contribution in [0.15, 0.2) is 69.9 Å². The first-order chi connectivity index (χ1) is 11.5. The molecule has 0 aliphatic rings. The minimum absolute atomic E-state index is 0.537. The van der Waals surface area contributed by atoms with E-state index in [1.54, 1.807) is 0 Å². The van der Waals surface area contributed by atoms with Gasteiger partial charge in [-0.2, -0.15) is 12.6 Å². The van der Waals surface area contributed by atoms with E-state index >= 15 is 0 Å². The Hall–Kier alpha value is -2.05. The summed E-state index contributed by atoms with van der Waals surface area (Å²) in [7, 11) is 0. The van der Waals surface area contributed by atoms with Gasteiger partial charge < -0.3 is 9.52 Å². The highest BCUT2D eigenvalue weighted by Crippen LogP contribution is 2.34. The highest BCUT2D eigenvalue weighted by molar-refractivity contribution is 9.10. The minimum atomic E-state index is -0.877. The maximum absolute atomic E-state index is 9.62. The van der Waals surface area contributed by atoms with Gasteiger partial charge >= 0.3 is 5.97 Å². The van der Waals surface area contributed by atoms with Crippen molar-refractivity contribution >= 4 is 34.5 Å². The molecule has 0 radical (unpaired) electrons. The summed E-state index contributed by atoms with van der Waals surface area (Å²) >= 11 is 7.14. The Bertz CT molecular complexity index is 803. The number of benzene rings is 2. The molecule has 0 aliphatic heterocycles. The van der Waals surface area contributed by atoms with Crippen molar-refractivity contribution in [3.05, 3.63) is 65.5 Å². The SMILES string of the molecule is Brc1ccccc1-c1ncoc1-c1ccccc1.CC(S)C(=O)O. The van der Waals surface area contributed by atoms with E-state index in [0.29, 0.717) is 0 Å². The molecule has 0 fully saturated rings. The van der Waals surface area contributed by atoms with Crippen LogP contribution < -0.4 is 0 Å². The van der Waals surface area contributed by atoms with Crippen molar-refractivity contribution in [2.24, 2.45) is 0 Å². The molecule has 3 rings (SSSR count). The first-order valence-electron chi connectivity index (χ1n) is 7.15. The summed E-state index contributed by atoms with van der Waals surface area (Å²) in [4.78, 5) is 13.9. The number of hydrogen-bond donors (Lipinski definition) is 2. The lowest BCUT2D eigenvalue weighted by atomic mass is 10.1. The van der Waals surface area contributed by atoms with Gasteiger partial charge in [-0.1, -0.05) is 64.5 Å². The maximum atomic E-state index is 9.62. The number of rotatable bonds is 3. The van der Waals surface area contributed by atoms with E-state index in [2.05, 4.69) is 33.5 Å². The molecular formula is C18H16BrNO3S. The first kappa shape index (κ1) is 18.3. The van der Waals surface area contributed by atoms with Crippen LogP contribution in [0.25, 0.3) is 22.6 Å². The molecular weight excluding hydrogens is 390 g/mol. The van der Waals surface area contributed by atoms with Crippen molar-refractivity contribution < 1.29 is 14.3 Å². The lowest BCUT2D eigenvalue weighted by molar-refractivity contribution is -0.136. The number of aromatic nitrogens is 1. The molecule has 124 valence electrons. The van der Waals surface area contributed by atoms with Gasteiger partial charge in [-0.15, -0.1) is 0 Å². The van der Waals surface area contributed by atoms with Crippen LogP contribution in [-0.4, -0.2) is 21.3 Å². The van der Waals surface area contributed by atoms with E-state index in [0.717, 1.165) is 27.1 Å². The highest BCUT2D eigenvalue weighted by Gasteiger charge is 2.14. The molecule has 1 heterocycles. The van der Waals surface area contributed by atoms with Gasteiger partial charge in [-0.3, -0.25) is 4.79 Å². The number of oxazole rings is 1. The Balaban J connectivity index is 0.000000301. The molecule has 0 amide bonds. The zero-order valence-electron chi connectivity index (χ0n) is 12.9. The fourth-order valence-electron chi connectivity index (χ4n) is 1.89. The second-order valence-corrected chi connectivity index (χ2v) is 6.52. The monoisotopic (exact) mass is 405 g/mol. The molecule has 3 aromatic rings. The van der Waals surface area contributed by atoms with Gasteiger partial charge in [0, 0.05) is 15.6 Å². The topological polar surface area (TPSA) is 63.3 Å². The normalized spacial score (nSPS) is 11.3. The van der Waals surface area contributed by atoms with Crippen molar-refractivity contribution in [3.8, 4) is 22.6 Å². The Kier molecular flexibility index (Phi) is 6.63. The second kappa shape index (κ2) is 8.70. The zero-order valence-corrected chi connectivity index (χ0v) is 15.4. The van der Waals surface area contributed by atoms with Gasteiger partial charge in [0.2, 0.25) is 0 Å². The van der Waals surface area contributed by atoms with Crippen LogP contribution in [-0.2, 0) is 4.79 Å². The molecule has 0 bridgehead atoms. The second-order valence-electron chi connectivity index (χ2n) is 4.89. The zero-order chi connectivity index (χ0) is 17.5. The molecule has 6 heteroatoms. The number of thiol groups is 1. The summed E-state index contributed by atoms with van der Waals surface area (Å²) in [6, 6.07) is 18.0. The van der Waals surface area contributed by atoms with Gasteiger partial charge in [0.15, 0.2) is 12.2 Å². The van der Waals surface area contributed by atoms with E-state index in [9.17, 15) is 4.79 Å². The fourth-order valence-corrected chi connectivity index (χ4v) is 2.36. The van der Waals surface area contributed by atoms with Crippen molar-refractivity contribution in [2.45, 2.75) is 12.2 Å². The standard InChI is InChI=1S/C15H10BrNO.C3H6O2S/c16-13-9-5-4-8-12(13)14-15(18-10-17-14)11-6-2-1-3-7-11;1-2(6)3(4)5/h1-10H;2,6H,1H3,(H,4,5). The van der Waals surface area contributed by atoms with Crippen LogP contribution in [0.3, 0.4) is 0 Å². The number of carboxylic acid groups (broad SMARTS) is 1. The third-order valence-electron chi connectivity index (χ3n) is 3.09. The van der Waals surface area contributed by atoms with Gasteiger partial charge in [0.25, 0.3) is 0 Å². The largest absolute Gasteiger partial charge is 0.480 e. The van der Waals surface area contributed by atoms with Crippen LogP contribution in [0.1, 0.15) is 6.92 Å². The summed E-state index contributed by atoms with van der Waals surface area (Å²) in [5.41, 5.74) is 2.92. The number of carbonyl (C=O) groups is 1. The first-order valence-corrected chi connectivity index (χ1v) is 8.46. The summed E-state index contributed by atoms with van der Waals surface area (Å²) in [6.45, 7) is 1.51. The van der Waals surface area contributed by atoms with E-state index in [1.165, 1.54) is 13.3 Å². The molecule has 1 N–H and O–H groups in total. The summed E-state index contributed by atoms with van der Waals surface area (Å²) < 4.78 is 6.54. The van der Waals surface area contributed by atoms with E-state index in [-0.39, 0.29) is 0 Å². The van der Waals surface area contributed by atoms with Crippen molar-refractivity contribution in [1.82, 2.24) is 4.98 Å². The van der Waals surface area contributed by atoms with Crippen LogP contribution in [0, 0.1) is 0 Å². The Morgan fingerprint density at radius 1 is 1.17 bits per heavy atom. The maximum Gasteiger partial charge on any atom is 0.316 e. The molecule has 1 aromatic heterocycles. The Morgan fingerprint density at radius 3 is 2.33 bits per heavy atom. The molecule has 0 saturated carbocycles. The third kappa shape index (κ3) is 4.72. The van der Waals surface area contributed by atoms with Crippen LogP contribution >= 0.6 is 28.6 Å². The van der Waals surface area contributed by atoms with Gasteiger partial charge in [0.1, 0.15) is 5.69 Å². The van der Waals surface area contributed by atoms with Gasteiger partial charge in [0.05, 0.1) is 5.25 Å². The number of hydrogen-bond acceptors (Lipinski definition) is 4. The molecule has 0 spiro atoms. The summed E-state index contributed by atoms with van der Waals surface area (Å²) in [6.07, 6.45) is 1.48. The molecule has 24 heavy (non-hydrogen) atoms. The molecule has 0 aliphatic carbocycles. The predicted octanol–water partition coefficient (Wildman–Crippen LogP) is 5.16. The Labute approximate surface area is 154 Å². The van der Waals surface area contributed by atoms with Gasteiger partial charge in [-0.25, -0.2) is 4.98 Å². The van der Waals surface area contributed by atoms with Crippen LogP contribution in [0.4, 0.5) is 0 Å². The Morgan fingerprint density at radius 2 is 1.75 bits per heavy atom. The number of nitrogens with zero attached hydrogens (tertiary/aromatic N) is 1. The summed E-state index contributed by atoms with van der Waals surface area (Å²) in [5, 5.41) is 7.38. The molecule has 1 atom stereocenters. The van der Waals surface area contributed by atoms with E-state index in [4.69, 9.17) is 9.52 Å². The van der Waals surface area contributed by atoms with Gasteiger partial charge in [-0.05, 0) is 13.0 Å². The number of carboxylic acids is 1. The lowest BCUT2D eigenvalue weighted by Gasteiger charge is -2.03. The molecule has 2 aromatic carbocycles. The lowest BCUT2D eigenvalue weighted by Crippen LogP contribution is -2.06. The molecule has 1 unspecified atom stereocenters. The number of aliphatic carboxylic acids is 1. The average molecular weight is 406 g/mol. The van der Waals surface area contributed by atoms with Crippen molar-refractivity contribution in [3.63, 3.8) is 0 Å². The highest BCUT2D eigenvalue weighted by atomic mass is 79.9. The summed E-state index contributed by atoms with van der Waals surface area (Å²) in [5.74, 6) is -0.0826. The quantitative estimate of drug-likeness (QED) is 0.590.